The number of fused-ring (bicyclic) bond motifs is 2. The zero-order valence-electron chi connectivity index (χ0n) is 15.3. The van der Waals surface area contributed by atoms with Crippen LogP contribution in [0.1, 0.15) is 62.3 Å². The van der Waals surface area contributed by atoms with Crippen LogP contribution >= 0.6 is 11.6 Å². The predicted molar refractivity (Wildman–Crippen MR) is 104 cm³/mol. The second kappa shape index (κ2) is 7.14. The van der Waals surface area contributed by atoms with Crippen LogP contribution in [0.2, 0.25) is 0 Å². The van der Waals surface area contributed by atoms with Gasteiger partial charge >= 0.3 is 0 Å². The number of hydrogen-bond acceptors (Lipinski definition) is 3. The topological polar surface area (TPSA) is 41.1 Å². The van der Waals surface area contributed by atoms with E-state index in [9.17, 15) is 0 Å². The number of halogens is 1. The van der Waals surface area contributed by atoms with Gasteiger partial charge in [-0.25, -0.2) is 4.98 Å². The molecule has 3 unspecified atom stereocenters. The van der Waals surface area contributed by atoms with Crippen LogP contribution in [0.5, 0.6) is 0 Å². The van der Waals surface area contributed by atoms with Gasteiger partial charge in [-0.15, -0.1) is 11.6 Å². The van der Waals surface area contributed by atoms with E-state index in [2.05, 4.69) is 20.9 Å². The van der Waals surface area contributed by atoms with Crippen molar-refractivity contribution in [3.63, 3.8) is 0 Å². The summed E-state index contributed by atoms with van der Waals surface area (Å²) < 4.78 is 6.02. The van der Waals surface area contributed by atoms with E-state index in [4.69, 9.17) is 16.3 Å². The molecule has 26 heavy (non-hydrogen) atoms. The van der Waals surface area contributed by atoms with Crippen molar-refractivity contribution in [3.8, 4) is 0 Å². The summed E-state index contributed by atoms with van der Waals surface area (Å²) in [5.41, 5.74) is 3.66. The van der Waals surface area contributed by atoms with Crippen molar-refractivity contribution in [3.05, 3.63) is 29.6 Å². The Morgan fingerprint density at radius 2 is 2.12 bits per heavy atom. The number of aromatic amines is 1. The molecule has 0 radical (unpaired) electrons. The lowest BCUT2D eigenvalue weighted by molar-refractivity contribution is 0.0562. The van der Waals surface area contributed by atoms with Crippen molar-refractivity contribution < 1.29 is 4.74 Å². The summed E-state index contributed by atoms with van der Waals surface area (Å²) >= 11 is 6.70. The number of hydrogen-bond donors (Lipinski definition) is 1. The van der Waals surface area contributed by atoms with Crippen molar-refractivity contribution in [1.29, 1.82) is 0 Å². The first-order chi connectivity index (χ1) is 12.8. The fourth-order valence-electron chi connectivity index (χ4n) is 5.43. The molecule has 2 aromatic rings. The van der Waals surface area contributed by atoms with Gasteiger partial charge in [-0.1, -0.05) is 12.8 Å². The third-order valence-corrected chi connectivity index (χ3v) is 7.27. The lowest BCUT2D eigenvalue weighted by Gasteiger charge is -2.46. The molecule has 2 aromatic heterocycles. The summed E-state index contributed by atoms with van der Waals surface area (Å²) in [6.07, 6.45) is 10.7. The number of ether oxygens (including phenoxy) is 1. The van der Waals surface area contributed by atoms with Gasteiger partial charge in [-0.05, 0) is 55.7 Å². The van der Waals surface area contributed by atoms with Crippen molar-refractivity contribution in [1.82, 2.24) is 14.9 Å². The molecule has 0 amide bonds. The molecule has 0 aromatic carbocycles. The Hall–Kier alpha value is -1.10. The van der Waals surface area contributed by atoms with Gasteiger partial charge in [0, 0.05) is 42.7 Å². The number of piperidine rings is 1. The molecule has 4 heterocycles. The average molecular weight is 374 g/mol. The van der Waals surface area contributed by atoms with Gasteiger partial charge in [0.1, 0.15) is 5.65 Å². The lowest BCUT2D eigenvalue weighted by Crippen LogP contribution is -2.50. The Morgan fingerprint density at radius 3 is 3.00 bits per heavy atom. The van der Waals surface area contributed by atoms with E-state index in [1.165, 1.54) is 42.3 Å². The smallest absolute Gasteiger partial charge is 0.137 e. The van der Waals surface area contributed by atoms with Gasteiger partial charge in [0.05, 0.1) is 11.8 Å². The Labute approximate surface area is 160 Å². The third kappa shape index (κ3) is 2.96. The van der Waals surface area contributed by atoms with Gasteiger partial charge in [0.2, 0.25) is 0 Å². The minimum absolute atomic E-state index is 0.201. The van der Waals surface area contributed by atoms with E-state index in [1.54, 1.807) is 0 Å². The maximum Gasteiger partial charge on any atom is 0.137 e. The summed E-state index contributed by atoms with van der Waals surface area (Å²) in [7, 11) is 0. The highest BCUT2D eigenvalue weighted by atomic mass is 35.5. The third-order valence-electron chi connectivity index (χ3n) is 6.73. The molecule has 1 saturated carbocycles. The first-order valence-electron chi connectivity index (χ1n) is 10.3. The molecule has 1 aliphatic carbocycles. The van der Waals surface area contributed by atoms with E-state index in [0.717, 1.165) is 44.6 Å². The van der Waals surface area contributed by atoms with Crippen molar-refractivity contribution in [2.75, 3.05) is 13.2 Å². The Balaban J connectivity index is 1.49. The molecular weight excluding hydrogens is 346 g/mol. The number of rotatable bonds is 3. The Bertz CT molecular complexity index is 770. The summed E-state index contributed by atoms with van der Waals surface area (Å²) in [5, 5.41) is 1.62. The van der Waals surface area contributed by atoms with Crippen LogP contribution in [0.25, 0.3) is 11.0 Å². The van der Waals surface area contributed by atoms with Crippen molar-refractivity contribution in [2.45, 2.75) is 69.0 Å². The van der Waals surface area contributed by atoms with Crippen LogP contribution in [0.3, 0.4) is 0 Å². The Morgan fingerprint density at radius 1 is 1.19 bits per heavy atom. The molecule has 0 spiro atoms. The van der Waals surface area contributed by atoms with Crippen LogP contribution in [-0.2, 0) is 11.3 Å². The maximum absolute atomic E-state index is 6.70. The van der Waals surface area contributed by atoms with E-state index < -0.39 is 0 Å². The zero-order chi connectivity index (χ0) is 17.5. The fraction of sp³-hybridized carbons (Fsp3) is 0.667. The van der Waals surface area contributed by atoms with Gasteiger partial charge < -0.3 is 9.72 Å². The number of H-pyrrole nitrogens is 1. The minimum atomic E-state index is 0.201. The SMILES string of the molecule is ClC1CCN(Cc2c([C@@H]3CCCO3)[nH]c3ncccc23)C2CCCCC12. The molecule has 4 nitrogen and oxygen atoms in total. The highest BCUT2D eigenvalue weighted by Gasteiger charge is 2.39. The van der Waals surface area contributed by atoms with Crippen LogP contribution in [0.15, 0.2) is 18.3 Å². The van der Waals surface area contributed by atoms with E-state index >= 15 is 0 Å². The summed E-state index contributed by atoms with van der Waals surface area (Å²) in [4.78, 5) is 10.9. The molecule has 0 bridgehead atoms. The molecule has 5 rings (SSSR count). The molecule has 3 fully saturated rings. The van der Waals surface area contributed by atoms with Gasteiger partial charge in [-0.2, -0.15) is 0 Å². The molecule has 2 aliphatic heterocycles. The summed E-state index contributed by atoms with van der Waals surface area (Å²) in [5.74, 6) is 0.661. The maximum atomic E-state index is 6.70. The van der Waals surface area contributed by atoms with Crippen LogP contribution in [0.4, 0.5) is 0 Å². The second-order valence-electron chi connectivity index (χ2n) is 8.21. The molecule has 1 N–H and O–H groups in total. The van der Waals surface area contributed by atoms with Crippen LogP contribution in [-0.4, -0.2) is 39.4 Å². The lowest BCUT2D eigenvalue weighted by atomic mass is 9.78. The summed E-state index contributed by atoms with van der Waals surface area (Å²) in [6, 6.07) is 4.89. The quantitative estimate of drug-likeness (QED) is 0.786. The molecule has 140 valence electrons. The number of likely N-dealkylation sites (tertiary alicyclic amines) is 1. The first-order valence-corrected chi connectivity index (χ1v) is 10.7. The fourth-order valence-corrected chi connectivity index (χ4v) is 5.82. The number of nitrogens with zero attached hydrogens (tertiary/aromatic N) is 2. The number of pyridine rings is 1. The van der Waals surface area contributed by atoms with Gasteiger partial charge in [0.15, 0.2) is 0 Å². The average Bonchev–Trinajstić information content (AvgIpc) is 3.32. The number of nitrogens with one attached hydrogen (secondary N) is 1. The van der Waals surface area contributed by atoms with Crippen molar-refractivity contribution in [2.24, 2.45) is 5.92 Å². The van der Waals surface area contributed by atoms with E-state index in [-0.39, 0.29) is 6.10 Å². The molecule has 4 atom stereocenters. The first kappa shape index (κ1) is 17.0. The normalized spacial score (nSPS) is 32.8. The van der Waals surface area contributed by atoms with Crippen LogP contribution in [0, 0.1) is 5.92 Å². The standard InChI is InChI=1S/C21H28ClN3O/c22-17-9-11-25(18-7-2-1-5-15(17)18)13-16-14-6-3-10-23-21(14)24-20(16)19-8-4-12-26-19/h3,6,10,15,17-19H,1-2,4-5,7-9,11-13H2,(H,23,24)/t15?,17?,18?,19-/m0/s1. The van der Waals surface area contributed by atoms with E-state index in [1.807, 2.05) is 12.3 Å². The molecule has 3 aliphatic rings. The highest BCUT2D eigenvalue weighted by molar-refractivity contribution is 6.20. The number of aromatic nitrogens is 2. The van der Waals surface area contributed by atoms with Crippen LogP contribution < -0.4 is 0 Å². The molecule has 5 heteroatoms. The van der Waals surface area contributed by atoms with E-state index in [0.29, 0.717) is 17.3 Å². The zero-order valence-corrected chi connectivity index (χ0v) is 16.0. The number of alkyl halides is 1. The largest absolute Gasteiger partial charge is 0.372 e. The van der Waals surface area contributed by atoms with Gasteiger partial charge in [0.25, 0.3) is 0 Å². The van der Waals surface area contributed by atoms with Gasteiger partial charge in [-0.3, -0.25) is 4.90 Å². The van der Waals surface area contributed by atoms with Crippen molar-refractivity contribution >= 4 is 22.6 Å². The minimum Gasteiger partial charge on any atom is -0.372 e. The monoisotopic (exact) mass is 373 g/mol. The highest BCUT2D eigenvalue weighted by Crippen LogP contribution is 2.40. The molecule has 2 saturated heterocycles. The molecular formula is C21H28ClN3O. The second-order valence-corrected chi connectivity index (χ2v) is 8.77. The summed E-state index contributed by atoms with van der Waals surface area (Å²) in [6.45, 7) is 2.97. The Kier molecular flexibility index (Phi) is 4.68. The predicted octanol–water partition coefficient (Wildman–Crippen LogP) is 4.79.